The van der Waals surface area contributed by atoms with Crippen LogP contribution in [0.25, 0.3) is 0 Å². The number of nitrogens with one attached hydrogen (secondary N) is 2. The Hall–Kier alpha value is -1.73. The zero-order valence-corrected chi connectivity index (χ0v) is 16.3. The van der Waals surface area contributed by atoms with E-state index in [-0.39, 0.29) is 5.91 Å². The molecule has 4 N–H and O–H groups in total. The first-order valence-corrected chi connectivity index (χ1v) is 10.6. The fraction of sp³-hybridized carbons (Fsp3) is 0.579. The molecule has 1 unspecified atom stereocenters. The number of piperidine rings is 1. The van der Waals surface area contributed by atoms with E-state index in [0.29, 0.717) is 13.0 Å². The van der Waals surface area contributed by atoms with E-state index < -0.39 is 12.1 Å². The maximum absolute atomic E-state index is 12.3. The lowest BCUT2D eigenvalue weighted by Gasteiger charge is -2.26. The summed E-state index contributed by atoms with van der Waals surface area (Å²) in [5.41, 5.74) is 7.51. The third kappa shape index (κ3) is 7.25. The highest BCUT2D eigenvalue weighted by molar-refractivity contribution is 7.98. The van der Waals surface area contributed by atoms with Crippen LogP contribution in [0.15, 0.2) is 24.3 Å². The summed E-state index contributed by atoms with van der Waals surface area (Å²) in [4.78, 5) is 25.9. The Morgan fingerprint density at radius 1 is 1.15 bits per heavy atom. The lowest BCUT2D eigenvalue weighted by molar-refractivity contribution is -0.123. The molecule has 0 bridgehead atoms. The fourth-order valence-electron chi connectivity index (χ4n) is 3.13. The largest absolute Gasteiger partial charge is 0.352 e. The van der Waals surface area contributed by atoms with Crippen molar-refractivity contribution in [3.63, 3.8) is 0 Å². The molecule has 1 saturated heterocycles. The molecular formula is C19H30N4O2S. The van der Waals surface area contributed by atoms with Gasteiger partial charge in [0.25, 0.3) is 0 Å². The molecular weight excluding hydrogens is 348 g/mol. The molecule has 1 aromatic rings. The van der Waals surface area contributed by atoms with Crippen molar-refractivity contribution >= 4 is 23.7 Å². The second-order valence-corrected chi connectivity index (χ2v) is 7.70. The topological polar surface area (TPSA) is 87.5 Å². The predicted octanol–water partition coefficient (Wildman–Crippen LogP) is 2.08. The molecule has 1 fully saturated rings. The zero-order valence-electron chi connectivity index (χ0n) is 15.5. The summed E-state index contributed by atoms with van der Waals surface area (Å²) in [5.74, 6) is 0.582. The maximum atomic E-state index is 12.3. The Bertz CT molecular complexity index is 573. The van der Waals surface area contributed by atoms with E-state index in [2.05, 4.69) is 39.8 Å². The highest BCUT2D eigenvalue weighted by atomic mass is 32.2. The molecule has 1 atom stereocenters. The van der Waals surface area contributed by atoms with Gasteiger partial charge >= 0.3 is 6.03 Å². The number of thioether (sulfide) groups is 1. The van der Waals surface area contributed by atoms with E-state index in [1.54, 1.807) is 11.8 Å². The summed E-state index contributed by atoms with van der Waals surface area (Å²) in [5, 5.41) is 5.40. The number of benzene rings is 1. The van der Waals surface area contributed by atoms with E-state index >= 15 is 0 Å². The Kier molecular flexibility index (Phi) is 8.77. The lowest BCUT2D eigenvalue weighted by atomic mass is 10.1. The lowest BCUT2D eigenvalue weighted by Crippen LogP contribution is -2.48. The minimum atomic E-state index is -0.673. The van der Waals surface area contributed by atoms with Gasteiger partial charge in [-0.25, -0.2) is 4.79 Å². The Labute approximate surface area is 160 Å². The van der Waals surface area contributed by atoms with Gasteiger partial charge in [0.1, 0.15) is 6.04 Å². The molecule has 0 radical (unpaired) electrons. The van der Waals surface area contributed by atoms with Crippen molar-refractivity contribution in [2.45, 2.75) is 44.8 Å². The van der Waals surface area contributed by atoms with Gasteiger partial charge in [-0.3, -0.25) is 9.69 Å². The van der Waals surface area contributed by atoms with E-state index in [4.69, 9.17) is 5.73 Å². The number of urea groups is 1. The van der Waals surface area contributed by atoms with Gasteiger partial charge in [0.2, 0.25) is 5.91 Å². The molecule has 0 aromatic heterocycles. The Morgan fingerprint density at radius 2 is 1.81 bits per heavy atom. The molecule has 3 amide bonds. The fourth-order valence-corrected chi connectivity index (χ4v) is 3.60. The molecule has 1 aliphatic heterocycles. The van der Waals surface area contributed by atoms with Crippen molar-refractivity contribution in [3.8, 4) is 0 Å². The number of nitrogens with two attached hydrogens (primary N) is 1. The van der Waals surface area contributed by atoms with Gasteiger partial charge in [-0.05, 0) is 55.5 Å². The molecule has 0 spiro atoms. The van der Waals surface area contributed by atoms with Gasteiger partial charge in [0.15, 0.2) is 0 Å². The third-order valence-corrected chi connectivity index (χ3v) is 5.23. The van der Waals surface area contributed by atoms with Crippen LogP contribution in [-0.2, 0) is 17.9 Å². The molecule has 26 heavy (non-hydrogen) atoms. The van der Waals surface area contributed by atoms with Crippen molar-refractivity contribution in [1.82, 2.24) is 15.5 Å². The summed E-state index contributed by atoms with van der Waals surface area (Å²) >= 11 is 1.63. The Balaban J connectivity index is 1.81. The van der Waals surface area contributed by atoms with Crippen LogP contribution in [0.4, 0.5) is 4.79 Å². The first kappa shape index (κ1) is 20.6. The van der Waals surface area contributed by atoms with E-state index in [0.717, 1.165) is 17.9 Å². The van der Waals surface area contributed by atoms with Crippen LogP contribution in [0.5, 0.6) is 0 Å². The highest BCUT2D eigenvalue weighted by Gasteiger charge is 2.19. The number of rotatable bonds is 9. The smallest absolute Gasteiger partial charge is 0.312 e. The average molecular weight is 379 g/mol. The number of hydrogen-bond donors (Lipinski definition) is 3. The number of hydrogen-bond acceptors (Lipinski definition) is 4. The summed E-state index contributed by atoms with van der Waals surface area (Å²) in [6.45, 7) is 3.80. The Morgan fingerprint density at radius 3 is 2.42 bits per heavy atom. The monoisotopic (exact) mass is 378 g/mol. The number of amides is 3. The molecule has 7 heteroatoms. The van der Waals surface area contributed by atoms with Crippen LogP contribution < -0.4 is 16.4 Å². The second kappa shape index (κ2) is 11.1. The number of carbonyl (C=O) groups excluding carboxylic acids is 2. The molecule has 0 aliphatic carbocycles. The quantitative estimate of drug-likeness (QED) is 0.614. The molecule has 1 aliphatic rings. The molecule has 1 aromatic carbocycles. The first-order chi connectivity index (χ1) is 12.6. The maximum Gasteiger partial charge on any atom is 0.312 e. The van der Waals surface area contributed by atoms with Crippen molar-refractivity contribution in [3.05, 3.63) is 35.4 Å². The van der Waals surface area contributed by atoms with Gasteiger partial charge < -0.3 is 16.4 Å². The van der Waals surface area contributed by atoms with Crippen molar-refractivity contribution in [2.24, 2.45) is 5.73 Å². The van der Waals surface area contributed by atoms with Crippen molar-refractivity contribution in [2.75, 3.05) is 25.1 Å². The van der Waals surface area contributed by atoms with E-state index in [1.807, 2.05) is 6.26 Å². The van der Waals surface area contributed by atoms with E-state index in [1.165, 1.54) is 37.9 Å². The van der Waals surface area contributed by atoms with Gasteiger partial charge in [-0.1, -0.05) is 30.7 Å². The van der Waals surface area contributed by atoms with Gasteiger partial charge in [-0.2, -0.15) is 11.8 Å². The minimum absolute atomic E-state index is 0.199. The van der Waals surface area contributed by atoms with Crippen molar-refractivity contribution < 1.29 is 9.59 Å². The summed E-state index contributed by atoms with van der Waals surface area (Å²) in [7, 11) is 0. The molecule has 144 valence electrons. The van der Waals surface area contributed by atoms with Gasteiger partial charge in [0.05, 0.1) is 0 Å². The molecule has 1 heterocycles. The average Bonchev–Trinajstić information content (AvgIpc) is 2.65. The minimum Gasteiger partial charge on any atom is -0.352 e. The molecule has 0 saturated carbocycles. The van der Waals surface area contributed by atoms with E-state index in [9.17, 15) is 9.59 Å². The van der Waals surface area contributed by atoms with Crippen LogP contribution in [0, 0.1) is 0 Å². The molecule has 2 rings (SSSR count). The zero-order chi connectivity index (χ0) is 18.8. The normalized spacial score (nSPS) is 16.0. The van der Waals surface area contributed by atoms with Gasteiger partial charge in [-0.15, -0.1) is 0 Å². The number of likely N-dealkylation sites (tertiary alicyclic amines) is 1. The SMILES string of the molecule is CSCCC(NC(N)=O)C(=O)NCc1ccc(CN2CCCCC2)cc1. The predicted molar refractivity (Wildman–Crippen MR) is 107 cm³/mol. The summed E-state index contributed by atoms with van der Waals surface area (Å²) < 4.78 is 0. The van der Waals surface area contributed by atoms with Crippen LogP contribution >= 0.6 is 11.8 Å². The number of carbonyl (C=O) groups is 2. The van der Waals surface area contributed by atoms with Gasteiger partial charge in [0, 0.05) is 13.1 Å². The number of nitrogens with zero attached hydrogens (tertiary/aromatic N) is 1. The third-order valence-electron chi connectivity index (χ3n) is 4.59. The number of primary amides is 1. The van der Waals surface area contributed by atoms with Crippen molar-refractivity contribution in [1.29, 1.82) is 0 Å². The van der Waals surface area contributed by atoms with Crippen LogP contribution in [0.1, 0.15) is 36.8 Å². The van der Waals surface area contributed by atoms with Crippen LogP contribution in [0.2, 0.25) is 0 Å². The first-order valence-electron chi connectivity index (χ1n) is 9.21. The second-order valence-electron chi connectivity index (χ2n) is 6.71. The summed E-state index contributed by atoms with van der Waals surface area (Å²) in [6.07, 6.45) is 6.45. The van der Waals surface area contributed by atoms with Crippen LogP contribution in [0.3, 0.4) is 0 Å². The standard InChI is InChI=1S/C19H30N4O2S/c1-26-12-9-17(22-19(20)25)18(24)21-13-15-5-7-16(8-6-15)14-23-10-3-2-4-11-23/h5-8,17H,2-4,9-14H2,1H3,(H,21,24)(H3,20,22,25). The van der Waals surface area contributed by atoms with Crippen LogP contribution in [-0.4, -0.2) is 48.0 Å². The summed E-state index contributed by atoms with van der Waals surface area (Å²) in [6, 6.07) is 7.11. The molecule has 6 nitrogen and oxygen atoms in total. The highest BCUT2D eigenvalue weighted by Crippen LogP contribution is 2.13.